The number of fused-ring (bicyclic) bond motifs is 1. The lowest BCUT2D eigenvalue weighted by molar-refractivity contribution is 1.04. The summed E-state index contributed by atoms with van der Waals surface area (Å²) in [5.74, 6) is 0. The molecule has 0 spiro atoms. The molecule has 0 bridgehead atoms. The highest BCUT2D eigenvalue weighted by Crippen LogP contribution is 1.96. The highest BCUT2D eigenvalue weighted by molar-refractivity contribution is 7.71. The van der Waals surface area contributed by atoms with Gasteiger partial charge in [-0.05, 0) is 0 Å². The molecule has 5 nitrogen and oxygen atoms in total. The molecule has 0 amide bonds. The maximum absolute atomic E-state index is 11.4. The average molecular weight is 190 g/mol. The van der Waals surface area contributed by atoms with Gasteiger partial charge in [-0.2, -0.15) is 0 Å². The standard InChI is InChI=1S/C6H3BN4OS/c7-11-2-9-5-4(6(11)12)10-3(13)1-8-5/h1-2H,(H,10,13). The van der Waals surface area contributed by atoms with Crippen molar-refractivity contribution in [3.05, 3.63) is 27.5 Å². The molecule has 0 unspecified atom stereocenters. The van der Waals surface area contributed by atoms with Crippen molar-refractivity contribution in [1.82, 2.24) is 19.4 Å². The summed E-state index contributed by atoms with van der Waals surface area (Å²) in [5, 5.41) is 0. The van der Waals surface area contributed by atoms with E-state index in [-0.39, 0.29) is 5.52 Å². The zero-order valence-corrected chi connectivity index (χ0v) is 7.21. The maximum Gasteiger partial charge on any atom is 0.266 e. The minimum Gasteiger partial charge on any atom is -0.355 e. The van der Waals surface area contributed by atoms with Gasteiger partial charge in [-0.1, -0.05) is 12.2 Å². The summed E-state index contributed by atoms with van der Waals surface area (Å²) < 4.78 is 1.24. The van der Waals surface area contributed by atoms with Gasteiger partial charge in [0.1, 0.15) is 10.2 Å². The lowest BCUT2D eigenvalue weighted by Crippen LogP contribution is -2.20. The molecular formula is C6H3BN4OS. The van der Waals surface area contributed by atoms with Gasteiger partial charge >= 0.3 is 0 Å². The lowest BCUT2D eigenvalue weighted by atomic mass is 10.4. The highest BCUT2D eigenvalue weighted by atomic mass is 32.1. The normalized spacial score (nSPS) is 10.5. The van der Waals surface area contributed by atoms with Crippen LogP contribution >= 0.6 is 12.2 Å². The maximum atomic E-state index is 11.4. The Morgan fingerprint density at radius 3 is 3.08 bits per heavy atom. The average Bonchev–Trinajstić information content (AvgIpc) is 2.12. The largest absolute Gasteiger partial charge is 0.355 e. The van der Waals surface area contributed by atoms with Crippen molar-refractivity contribution in [2.45, 2.75) is 0 Å². The second-order valence-electron chi connectivity index (χ2n) is 2.40. The molecular weight excluding hydrogens is 187 g/mol. The van der Waals surface area contributed by atoms with Gasteiger partial charge in [0.25, 0.3) is 5.56 Å². The van der Waals surface area contributed by atoms with E-state index in [0.717, 1.165) is 4.48 Å². The zero-order chi connectivity index (χ0) is 9.42. The Morgan fingerprint density at radius 2 is 2.31 bits per heavy atom. The second-order valence-corrected chi connectivity index (χ2v) is 2.84. The SMILES string of the molecule is [B]n1cnc2ncc(=S)[nH]c2c1=O. The summed E-state index contributed by atoms with van der Waals surface area (Å²) in [6.07, 6.45) is 2.62. The fraction of sp³-hybridized carbons (Fsp3) is 0. The Bertz CT molecular complexity index is 575. The molecule has 2 rings (SSSR count). The van der Waals surface area contributed by atoms with E-state index >= 15 is 0 Å². The first kappa shape index (κ1) is 8.12. The third-order valence-corrected chi connectivity index (χ3v) is 1.74. The molecule has 2 heterocycles. The third-order valence-electron chi connectivity index (χ3n) is 1.53. The molecule has 1 N–H and O–H groups in total. The molecule has 62 valence electrons. The van der Waals surface area contributed by atoms with E-state index in [1.54, 1.807) is 0 Å². The van der Waals surface area contributed by atoms with Gasteiger partial charge in [-0.3, -0.25) is 4.79 Å². The Hall–Kier alpha value is -1.50. The van der Waals surface area contributed by atoms with Crippen LogP contribution in [-0.4, -0.2) is 27.4 Å². The van der Waals surface area contributed by atoms with E-state index in [1.165, 1.54) is 12.5 Å². The topological polar surface area (TPSA) is 63.6 Å². The molecule has 0 aromatic carbocycles. The molecule has 0 saturated carbocycles. The molecule has 0 aliphatic carbocycles. The van der Waals surface area contributed by atoms with Crippen LogP contribution in [0, 0.1) is 4.64 Å². The Labute approximate surface area is 78.9 Å². The minimum atomic E-state index is -0.399. The van der Waals surface area contributed by atoms with Crippen molar-refractivity contribution in [2.75, 3.05) is 0 Å². The van der Waals surface area contributed by atoms with Crippen LogP contribution in [0.1, 0.15) is 0 Å². The van der Waals surface area contributed by atoms with Crippen molar-refractivity contribution in [3.63, 3.8) is 0 Å². The molecule has 2 aromatic heterocycles. The monoisotopic (exact) mass is 190 g/mol. The van der Waals surface area contributed by atoms with E-state index in [0.29, 0.717) is 10.3 Å². The molecule has 2 aromatic rings. The summed E-state index contributed by atoms with van der Waals surface area (Å²) in [5.41, 5.74) is 0.127. The number of H-pyrrole nitrogens is 1. The minimum absolute atomic E-state index is 0.220. The molecule has 2 radical (unpaired) electrons. The summed E-state index contributed by atoms with van der Waals surface area (Å²) in [7, 11) is 5.30. The summed E-state index contributed by atoms with van der Waals surface area (Å²) in [6.45, 7) is 0. The number of aromatic amines is 1. The molecule has 0 fully saturated rings. The smallest absolute Gasteiger partial charge is 0.266 e. The molecule has 7 heteroatoms. The Kier molecular flexibility index (Phi) is 1.73. The third kappa shape index (κ3) is 1.27. The fourth-order valence-corrected chi connectivity index (χ4v) is 1.10. The Morgan fingerprint density at radius 1 is 1.54 bits per heavy atom. The first-order valence-corrected chi connectivity index (χ1v) is 3.81. The number of nitrogens with one attached hydrogen (secondary N) is 1. The second kappa shape index (κ2) is 2.77. The summed E-state index contributed by atoms with van der Waals surface area (Å²) in [6, 6.07) is 0. The van der Waals surface area contributed by atoms with Crippen LogP contribution in [0.25, 0.3) is 11.2 Å². The van der Waals surface area contributed by atoms with Gasteiger partial charge in [-0.25, -0.2) is 9.97 Å². The molecule has 0 aliphatic heterocycles. The van der Waals surface area contributed by atoms with Crippen LogP contribution < -0.4 is 5.56 Å². The van der Waals surface area contributed by atoms with E-state index in [2.05, 4.69) is 15.0 Å². The number of hydrogen-bond donors (Lipinski definition) is 1. The van der Waals surface area contributed by atoms with Crippen LogP contribution in [0.3, 0.4) is 0 Å². The van der Waals surface area contributed by atoms with Crippen LogP contribution in [0.5, 0.6) is 0 Å². The summed E-state index contributed by atoms with van der Waals surface area (Å²) >= 11 is 4.81. The molecule has 0 aliphatic rings. The van der Waals surface area contributed by atoms with Crippen molar-refractivity contribution in [2.24, 2.45) is 0 Å². The lowest BCUT2D eigenvalue weighted by Gasteiger charge is -1.98. The fourth-order valence-electron chi connectivity index (χ4n) is 0.941. The number of rotatable bonds is 0. The predicted octanol–water partition coefficient (Wildman–Crippen LogP) is -0.219. The van der Waals surface area contributed by atoms with Crippen molar-refractivity contribution in [1.29, 1.82) is 0 Å². The van der Waals surface area contributed by atoms with Crippen LogP contribution in [0.2, 0.25) is 0 Å². The summed E-state index contributed by atoms with van der Waals surface area (Å²) in [4.78, 5) is 21.7. The molecule has 0 atom stereocenters. The molecule has 13 heavy (non-hydrogen) atoms. The van der Waals surface area contributed by atoms with Gasteiger partial charge in [0, 0.05) is 0 Å². The quantitative estimate of drug-likeness (QED) is 0.460. The van der Waals surface area contributed by atoms with Crippen molar-refractivity contribution < 1.29 is 0 Å². The van der Waals surface area contributed by atoms with E-state index in [1.807, 2.05) is 0 Å². The Balaban J connectivity index is 3.06. The number of aromatic nitrogens is 4. The first-order valence-electron chi connectivity index (χ1n) is 3.40. The van der Waals surface area contributed by atoms with Gasteiger partial charge in [0.2, 0.25) is 7.98 Å². The van der Waals surface area contributed by atoms with Gasteiger partial charge in [0.05, 0.1) is 12.5 Å². The predicted molar refractivity (Wildman–Crippen MR) is 50.1 cm³/mol. The van der Waals surface area contributed by atoms with Crippen molar-refractivity contribution in [3.8, 4) is 0 Å². The number of nitrogens with zero attached hydrogens (tertiary/aromatic N) is 3. The number of hydrogen-bond acceptors (Lipinski definition) is 4. The van der Waals surface area contributed by atoms with Gasteiger partial charge in [-0.15, -0.1) is 0 Å². The van der Waals surface area contributed by atoms with E-state index < -0.39 is 5.56 Å². The van der Waals surface area contributed by atoms with Gasteiger partial charge < -0.3 is 9.46 Å². The van der Waals surface area contributed by atoms with Crippen LogP contribution in [-0.2, 0) is 0 Å². The van der Waals surface area contributed by atoms with Crippen LogP contribution in [0.15, 0.2) is 17.3 Å². The van der Waals surface area contributed by atoms with Gasteiger partial charge in [0.15, 0.2) is 5.65 Å². The molecule has 0 saturated heterocycles. The zero-order valence-electron chi connectivity index (χ0n) is 6.39. The highest BCUT2D eigenvalue weighted by Gasteiger charge is 2.01. The first-order chi connectivity index (χ1) is 6.18. The van der Waals surface area contributed by atoms with E-state index in [9.17, 15) is 4.79 Å². The van der Waals surface area contributed by atoms with Crippen molar-refractivity contribution >= 4 is 31.4 Å². The van der Waals surface area contributed by atoms with Crippen LogP contribution in [0.4, 0.5) is 0 Å². The van der Waals surface area contributed by atoms with E-state index in [4.69, 9.17) is 20.2 Å².